The van der Waals surface area contributed by atoms with Crippen molar-refractivity contribution in [3.63, 3.8) is 0 Å². The van der Waals surface area contributed by atoms with Gasteiger partial charge in [-0.2, -0.15) is 0 Å². The highest BCUT2D eigenvalue weighted by molar-refractivity contribution is 6.14. The number of hydrogen-bond acceptors (Lipinski definition) is 4. The minimum absolute atomic E-state index is 0.0242. The molecule has 0 bridgehead atoms. The van der Waals surface area contributed by atoms with E-state index in [1.807, 2.05) is 65.4 Å². The van der Waals surface area contributed by atoms with Crippen LogP contribution in [0.2, 0.25) is 0 Å². The van der Waals surface area contributed by atoms with Crippen LogP contribution < -0.4 is 0 Å². The maximum absolute atomic E-state index is 13.3. The molecule has 2 heterocycles. The lowest BCUT2D eigenvalue weighted by molar-refractivity contribution is -0.129. The fourth-order valence-electron chi connectivity index (χ4n) is 4.32. The molecule has 1 unspecified atom stereocenters. The lowest BCUT2D eigenvalue weighted by Gasteiger charge is -2.27. The molecule has 1 N–H and O–H groups in total. The highest BCUT2D eigenvalue weighted by Gasteiger charge is 2.42. The molecule has 1 aliphatic heterocycles. The first-order valence-electron chi connectivity index (χ1n) is 11.8. The second-order valence-electron chi connectivity index (χ2n) is 9.80. The van der Waals surface area contributed by atoms with E-state index in [-0.39, 0.29) is 16.8 Å². The van der Waals surface area contributed by atoms with Crippen LogP contribution in [0.3, 0.4) is 0 Å². The summed E-state index contributed by atoms with van der Waals surface area (Å²) in [6, 6.07) is 16.8. The van der Waals surface area contributed by atoms with Gasteiger partial charge >= 0.3 is 0 Å². The number of aryl methyl sites for hydroxylation is 1. The van der Waals surface area contributed by atoms with Crippen LogP contribution in [0, 0.1) is 0 Å². The zero-order chi connectivity index (χ0) is 25.0. The average Bonchev–Trinajstić information content (AvgIpc) is 3.45. The van der Waals surface area contributed by atoms with E-state index in [1.165, 1.54) is 6.08 Å². The number of nitrogens with zero attached hydrogens (tertiary/aromatic N) is 3. The quantitative estimate of drug-likeness (QED) is 0.457. The number of rotatable bonds is 8. The largest absolute Gasteiger partial charge is 0.503 e. The summed E-state index contributed by atoms with van der Waals surface area (Å²) in [7, 11) is 0. The summed E-state index contributed by atoms with van der Waals surface area (Å²) >= 11 is 0. The molecule has 35 heavy (non-hydrogen) atoms. The first kappa shape index (κ1) is 24.2. The van der Waals surface area contributed by atoms with Crippen molar-refractivity contribution in [3.8, 4) is 0 Å². The SMILES string of the molecule is CC(C)(C)c1ccc(C2C(C(=O)C=Cc3ccccc3)=C(O)C(=O)N2CCCn2ccnc2)cc1. The normalized spacial score (nSPS) is 16.5. The summed E-state index contributed by atoms with van der Waals surface area (Å²) < 4.78 is 1.94. The minimum Gasteiger partial charge on any atom is -0.503 e. The van der Waals surface area contributed by atoms with E-state index >= 15 is 0 Å². The molecule has 0 saturated carbocycles. The van der Waals surface area contributed by atoms with E-state index in [0.29, 0.717) is 19.5 Å². The second kappa shape index (κ2) is 10.1. The molecule has 0 saturated heterocycles. The molecule has 3 aromatic rings. The lowest BCUT2D eigenvalue weighted by atomic mass is 9.85. The summed E-state index contributed by atoms with van der Waals surface area (Å²) in [5.74, 6) is -1.36. The first-order valence-corrected chi connectivity index (χ1v) is 11.8. The fourth-order valence-corrected chi connectivity index (χ4v) is 4.32. The van der Waals surface area contributed by atoms with Gasteiger partial charge in [-0.3, -0.25) is 9.59 Å². The van der Waals surface area contributed by atoms with Gasteiger partial charge in [-0.25, -0.2) is 4.98 Å². The second-order valence-corrected chi connectivity index (χ2v) is 9.80. The Labute approximate surface area is 206 Å². The Morgan fingerprint density at radius 2 is 1.77 bits per heavy atom. The molecular weight excluding hydrogens is 438 g/mol. The predicted octanol–water partition coefficient (Wildman–Crippen LogP) is 5.25. The third kappa shape index (κ3) is 5.43. The predicted molar refractivity (Wildman–Crippen MR) is 137 cm³/mol. The Morgan fingerprint density at radius 3 is 2.40 bits per heavy atom. The van der Waals surface area contributed by atoms with Gasteiger partial charge in [0.05, 0.1) is 17.9 Å². The molecule has 0 spiro atoms. The van der Waals surface area contributed by atoms with Crippen molar-refractivity contribution in [2.75, 3.05) is 6.54 Å². The van der Waals surface area contributed by atoms with Crippen molar-refractivity contribution in [2.24, 2.45) is 0 Å². The molecule has 6 nitrogen and oxygen atoms in total. The van der Waals surface area contributed by atoms with Crippen molar-refractivity contribution >= 4 is 17.8 Å². The van der Waals surface area contributed by atoms with E-state index in [4.69, 9.17) is 0 Å². The van der Waals surface area contributed by atoms with Crippen molar-refractivity contribution in [2.45, 2.75) is 45.2 Å². The van der Waals surface area contributed by atoms with Crippen LogP contribution in [0.5, 0.6) is 0 Å². The zero-order valence-electron chi connectivity index (χ0n) is 20.4. The van der Waals surface area contributed by atoms with E-state index in [0.717, 1.165) is 16.7 Å². The van der Waals surface area contributed by atoms with Gasteiger partial charge in [-0.05, 0) is 34.6 Å². The van der Waals surface area contributed by atoms with Gasteiger partial charge in [0.2, 0.25) is 0 Å². The van der Waals surface area contributed by atoms with Crippen LogP contribution in [0.4, 0.5) is 0 Å². The van der Waals surface area contributed by atoms with Crippen molar-refractivity contribution in [1.29, 1.82) is 0 Å². The Balaban J connectivity index is 1.64. The van der Waals surface area contributed by atoms with Crippen LogP contribution in [0.1, 0.15) is 49.9 Å². The number of aliphatic hydroxyl groups excluding tert-OH is 1. The molecule has 0 radical (unpaired) electrons. The number of carbonyl (C=O) groups is 2. The van der Waals surface area contributed by atoms with E-state index < -0.39 is 17.7 Å². The number of aliphatic hydroxyl groups is 1. The third-order valence-corrected chi connectivity index (χ3v) is 6.26. The molecule has 1 amide bonds. The molecule has 6 heteroatoms. The topological polar surface area (TPSA) is 75.4 Å². The zero-order valence-corrected chi connectivity index (χ0v) is 20.4. The Kier molecular flexibility index (Phi) is 7.01. The fraction of sp³-hybridized carbons (Fsp3) is 0.276. The standard InChI is InChI=1S/C29H31N3O3/c1-29(2,3)23-13-11-22(12-14-23)26-25(24(33)15-10-21-8-5-4-6-9-21)27(34)28(35)32(26)18-7-17-31-19-16-30-20-31/h4-6,8-16,19-20,26,34H,7,17-18H2,1-3H3. The van der Waals surface area contributed by atoms with Crippen LogP contribution in [-0.4, -0.2) is 37.8 Å². The number of hydrogen-bond donors (Lipinski definition) is 1. The number of allylic oxidation sites excluding steroid dienone is 1. The number of ketones is 1. The number of amides is 1. The summed E-state index contributed by atoms with van der Waals surface area (Å²) in [5.41, 5.74) is 2.92. The maximum atomic E-state index is 13.3. The Hall–Kier alpha value is -3.93. The molecular formula is C29H31N3O3. The molecule has 0 aliphatic carbocycles. The van der Waals surface area contributed by atoms with Crippen molar-refractivity contribution < 1.29 is 14.7 Å². The first-order chi connectivity index (χ1) is 16.8. The minimum atomic E-state index is -0.646. The summed E-state index contributed by atoms with van der Waals surface area (Å²) in [4.78, 5) is 32.1. The van der Waals surface area contributed by atoms with Gasteiger partial charge in [0.25, 0.3) is 5.91 Å². The molecule has 2 aromatic carbocycles. The van der Waals surface area contributed by atoms with E-state index in [9.17, 15) is 14.7 Å². The van der Waals surface area contributed by atoms with Crippen molar-refractivity contribution in [3.05, 3.63) is 107 Å². The van der Waals surface area contributed by atoms with Gasteiger partial charge in [0.1, 0.15) is 0 Å². The smallest absolute Gasteiger partial charge is 0.290 e. The lowest BCUT2D eigenvalue weighted by Crippen LogP contribution is -2.32. The van der Waals surface area contributed by atoms with Crippen molar-refractivity contribution in [1.82, 2.24) is 14.5 Å². The molecule has 0 fully saturated rings. The van der Waals surface area contributed by atoms with E-state index in [1.54, 1.807) is 23.5 Å². The van der Waals surface area contributed by atoms with E-state index in [2.05, 4.69) is 25.8 Å². The van der Waals surface area contributed by atoms with Crippen LogP contribution in [0.25, 0.3) is 6.08 Å². The van der Waals surface area contributed by atoms with Gasteiger partial charge in [0, 0.05) is 25.5 Å². The highest BCUT2D eigenvalue weighted by Crippen LogP contribution is 2.38. The molecule has 4 rings (SSSR count). The highest BCUT2D eigenvalue weighted by atomic mass is 16.3. The molecule has 180 valence electrons. The van der Waals surface area contributed by atoms with Gasteiger partial charge < -0.3 is 14.6 Å². The van der Waals surface area contributed by atoms with Gasteiger partial charge in [0.15, 0.2) is 11.5 Å². The number of carbonyl (C=O) groups excluding carboxylic acids is 2. The molecule has 1 atom stereocenters. The third-order valence-electron chi connectivity index (χ3n) is 6.26. The number of aromatic nitrogens is 2. The van der Waals surface area contributed by atoms with Crippen LogP contribution in [-0.2, 0) is 21.5 Å². The Morgan fingerprint density at radius 1 is 1.06 bits per heavy atom. The summed E-state index contributed by atoms with van der Waals surface area (Å²) in [6.45, 7) is 7.49. The average molecular weight is 470 g/mol. The van der Waals surface area contributed by atoms with Crippen LogP contribution >= 0.6 is 0 Å². The summed E-state index contributed by atoms with van der Waals surface area (Å²) in [6.07, 6.45) is 9.10. The number of benzene rings is 2. The summed E-state index contributed by atoms with van der Waals surface area (Å²) in [5, 5.41) is 10.8. The molecule has 1 aliphatic rings. The number of imidazole rings is 1. The van der Waals surface area contributed by atoms with Crippen LogP contribution in [0.15, 0.2) is 90.7 Å². The monoisotopic (exact) mass is 469 g/mol. The van der Waals surface area contributed by atoms with Gasteiger partial charge in [-0.15, -0.1) is 0 Å². The molecule has 1 aromatic heterocycles. The Bertz CT molecular complexity index is 1230. The van der Waals surface area contributed by atoms with Gasteiger partial charge in [-0.1, -0.05) is 81.4 Å². The maximum Gasteiger partial charge on any atom is 0.290 e.